The maximum absolute atomic E-state index is 14.8. The van der Waals surface area contributed by atoms with Gasteiger partial charge in [-0.25, -0.2) is 9.07 Å². The van der Waals surface area contributed by atoms with Crippen molar-refractivity contribution in [3.05, 3.63) is 96.4 Å². The van der Waals surface area contributed by atoms with Crippen molar-refractivity contribution in [2.24, 2.45) is 0 Å². The standard InChI is InChI=1S/C26H22FN3O4/c27-22-9-5-4-8-21(22)25-19(15-28-23(26(33)34)14-24(31)32)16-29-30(25)20-12-10-18(11-13-20)17-6-2-1-3-7-17/h1-13,16,23,28H,14-15H2,(H,31,32)(H,33,34). The number of carboxylic acid groups (broad SMARTS) is 2. The van der Waals surface area contributed by atoms with E-state index in [4.69, 9.17) is 5.11 Å². The number of aliphatic carboxylic acids is 2. The van der Waals surface area contributed by atoms with Gasteiger partial charge in [-0.1, -0.05) is 54.6 Å². The van der Waals surface area contributed by atoms with Gasteiger partial charge in [0.25, 0.3) is 0 Å². The Morgan fingerprint density at radius 1 is 0.912 bits per heavy atom. The van der Waals surface area contributed by atoms with E-state index in [-0.39, 0.29) is 6.54 Å². The molecule has 0 amide bonds. The minimum atomic E-state index is -1.29. The molecule has 34 heavy (non-hydrogen) atoms. The molecule has 0 radical (unpaired) electrons. The summed E-state index contributed by atoms with van der Waals surface area (Å²) in [5, 5.41) is 25.5. The maximum Gasteiger partial charge on any atom is 0.321 e. The molecule has 1 unspecified atom stereocenters. The number of rotatable bonds is 9. The van der Waals surface area contributed by atoms with Crippen LogP contribution in [0.1, 0.15) is 12.0 Å². The van der Waals surface area contributed by atoms with E-state index < -0.39 is 30.2 Å². The van der Waals surface area contributed by atoms with Gasteiger partial charge in [0.1, 0.15) is 11.9 Å². The number of benzene rings is 3. The molecule has 0 aliphatic carbocycles. The third-order valence-electron chi connectivity index (χ3n) is 5.41. The van der Waals surface area contributed by atoms with Crippen LogP contribution in [0.25, 0.3) is 28.1 Å². The Bertz CT molecular complexity index is 1300. The minimum absolute atomic E-state index is 0.00396. The van der Waals surface area contributed by atoms with Crippen LogP contribution >= 0.6 is 0 Å². The predicted octanol–water partition coefficient (Wildman–Crippen LogP) is 4.36. The Balaban J connectivity index is 1.71. The van der Waals surface area contributed by atoms with Gasteiger partial charge in [0.15, 0.2) is 0 Å². The lowest BCUT2D eigenvalue weighted by atomic mass is 10.0. The number of hydrogen-bond acceptors (Lipinski definition) is 4. The summed E-state index contributed by atoms with van der Waals surface area (Å²) >= 11 is 0. The molecular formula is C26H22FN3O4. The molecule has 4 rings (SSSR count). The summed E-state index contributed by atoms with van der Waals surface area (Å²) in [6.07, 6.45) is 0.943. The zero-order valence-corrected chi connectivity index (χ0v) is 18.1. The van der Waals surface area contributed by atoms with Crippen molar-refractivity contribution >= 4 is 11.9 Å². The van der Waals surface area contributed by atoms with Crippen molar-refractivity contribution in [2.75, 3.05) is 0 Å². The lowest BCUT2D eigenvalue weighted by Gasteiger charge is -2.14. The highest BCUT2D eigenvalue weighted by Crippen LogP contribution is 2.30. The number of nitrogens with zero attached hydrogens (tertiary/aromatic N) is 2. The van der Waals surface area contributed by atoms with E-state index >= 15 is 0 Å². The molecule has 1 aromatic heterocycles. The molecule has 4 aromatic rings. The quantitative estimate of drug-likeness (QED) is 0.344. The molecule has 0 fully saturated rings. The van der Waals surface area contributed by atoms with Crippen LogP contribution < -0.4 is 5.32 Å². The third-order valence-corrected chi connectivity index (χ3v) is 5.41. The van der Waals surface area contributed by atoms with Crippen molar-refractivity contribution in [3.63, 3.8) is 0 Å². The molecule has 7 nitrogen and oxygen atoms in total. The molecule has 1 heterocycles. The molecule has 3 aromatic carbocycles. The largest absolute Gasteiger partial charge is 0.481 e. The van der Waals surface area contributed by atoms with Gasteiger partial charge in [-0.3, -0.25) is 14.9 Å². The first-order valence-electron chi connectivity index (χ1n) is 10.6. The van der Waals surface area contributed by atoms with Crippen LogP contribution in [-0.2, 0) is 16.1 Å². The van der Waals surface area contributed by atoms with Gasteiger partial charge in [-0.05, 0) is 35.4 Å². The SMILES string of the molecule is O=C(O)CC(NCc1cnn(-c2ccc(-c3ccccc3)cc2)c1-c1ccccc1F)C(=O)O. The van der Waals surface area contributed by atoms with Crippen molar-refractivity contribution < 1.29 is 24.2 Å². The molecule has 0 saturated carbocycles. The van der Waals surface area contributed by atoms with Crippen molar-refractivity contribution in [3.8, 4) is 28.1 Å². The zero-order chi connectivity index (χ0) is 24.1. The lowest BCUT2D eigenvalue weighted by molar-refractivity contribution is -0.146. The number of halogens is 1. The van der Waals surface area contributed by atoms with Gasteiger partial charge >= 0.3 is 11.9 Å². The molecule has 3 N–H and O–H groups in total. The van der Waals surface area contributed by atoms with Crippen LogP contribution in [0.3, 0.4) is 0 Å². The van der Waals surface area contributed by atoms with E-state index in [1.165, 1.54) is 12.3 Å². The number of nitrogens with one attached hydrogen (secondary N) is 1. The van der Waals surface area contributed by atoms with E-state index in [0.29, 0.717) is 22.5 Å². The smallest absolute Gasteiger partial charge is 0.321 e. The molecule has 172 valence electrons. The van der Waals surface area contributed by atoms with Gasteiger partial charge < -0.3 is 10.2 Å². The fourth-order valence-corrected chi connectivity index (χ4v) is 3.73. The number of carboxylic acids is 2. The summed E-state index contributed by atoms with van der Waals surface area (Å²) < 4.78 is 16.4. The summed E-state index contributed by atoms with van der Waals surface area (Å²) in [6.45, 7) is -0.00396. The normalized spacial score (nSPS) is 11.8. The van der Waals surface area contributed by atoms with E-state index in [1.54, 1.807) is 22.9 Å². The first-order valence-corrected chi connectivity index (χ1v) is 10.6. The fourth-order valence-electron chi connectivity index (χ4n) is 3.73. The topological polar surface area (TPSA) is 104 Å². The van der Waals surface area contributed by atoms with Crippen LogP contribution in [0.15, 0.2) is 85.1 Å². The van der Waals surface area contributed by atoms with Crippen LogP contribution in [0.2, 0.25) is 0 Å². The van der Waals surface area contributed by atoms with Crippen molar-refractivity contribution in [2.45, 2.75) is 19.0 Å². The first kappa shape index (κ1) is 22.9. The third kappa shape index (κ3) is 5.02. The molecule has 8 heteroatoms. The van der Waals surface area contributed by atoms with Crippen LogP contribution in [0, 0.1) is 5.82 Å². The summed E-state index contributed by atoms with van der Waals surface area (Å²) in [5.41, 5.74) is 4.07. The Morgan fingerprint density at radius 3 is 2.21 bits per heavy atom. The van der Waals surface area contributed by atoms with Gasteiger partial charge in [0, 0.05) is 17.7 Å². The summed E-state index contributed by atoms with van der Waals surface area (Å²) in [6, 6.07) is 22.5. The molecule has 0 saturated heterocycles. The zero-order valence-electron chi connectivity index (χ0n) is 18.1. The van der Waals surface area contributed by atoms with Gasteiger partial charge in [0.05, 0.1) is 24.0 Å². The van der Waals surface area contributed by atoms with Crippen molar-refractivity contribution in [1.29, 1.82) is 0 Å². The second kappa shape index (κ2) is 10.1. The highest BCUT2D eigenvalue weighted by Gasteiger charge is 2.23. The lowest BCUT2D eigenvalue weighted by Crippen LogP contribution is -2.38. The first-order chi connectivity index (χ1) is 16.4. The highest BCUT2D eigenvalue weighted by atomic mass is 19.1. The molecule has 0 aliphatic heterocycles. The molecule has 0 bridgehead atoms. The minimum Gasteiger partial charge on any atom is -0.481 e. The van der Waals surface area contributed by atoms with Crippen LogP contribution in [-0.4, -0.2) is 38.0 Å². The average molecular weight is 459 g/mol. The van der Waals surface area contributed by atoms with E-state index in [0.717, 1.165) is 11.1 Å². The Morgan fingerprint density at radius 2 is 1.56 bits per heavy atom. The van der Waals surface area contributed by atoms with Crippen LogP contribution in [0.5, 0.6) is 0 Å². The average Bonchev–Trinajstić information content (AvgIpc) is 3.26. The van der Waals surface area contributed by atoms with Gasteiger partial charge in [0.2, 0.25) is 0 Å². The second-order valence-electron chi connectivity index (χ2n) is 7.69. The van der Waals surface area contributed by atoms with Gasteiger partial charge in [-0.15, -0.1) is 0 Å². The summed E-state index contributed by atoms with van der Waals surface area (Å²) in [4.78, 5) is 22.4. The van der Waals surface area contributed by atoms with E-state index in [1.807, 2.05) is 54.6 Å². The fraction of sp³-hybridized carbons (Fsp3) is 0.115. The number of carbonyl (C=O) groups is 2. The van der Waals surface area contributed by atoms with Gasteiger partial charge in [-0.2, -0.15) is 5.10 Å². The maximum atomic E-state index is 14.8. The van der Waals surface area contributed by atoms with Crippen LogP contribution in [0.4, 0.5) is 4.39 Å². The summed E-state index contributed by atoms with van der Waals surface area (Å²) in [7, 11) is 0. The molecule has 1 atom stereocenters. The summed E-state index contributed by atoms with van der Waals surface area (Å²) in [5.74, 6) is -2.96. The van der Waals surface area contributed by atoms with Crippen molar-refractivity contribution in [1.82, 2.24) is 15.1 Å². The van der Waals surface area contributed by atoms with E-state index in [2.05, 4.69) is 10.4 Å². The predicted molar refractivity (Wildman–Crippen MR) is 125 cm³/mol. The Hall–Kier alpha value is -4.30. The monoisotopic (exact) mass is 459 g/mol. The Kier molecular flexibility index (Phi) is 6.79. The highest BCUT2D eigenvalue weighted by molar-refractivity contribution is 5.80. The molecule has 0 spiro atoms. The number of hydrogen-bond donors (Lipinski definition) is 3. The molecular weight excluding hydrogens is 437 g/mol. The Labute approximate surface area is 195 Å². The second-order valence-corrected chi connectivity index (χ2v) is 7.69. The van der Waals surface area contributed by atoms with E-state index in [9.17, 15) is 19.1 Å². The number of aromatic nitrogens is 2. The molecule has 0 aliphatic rings.